The quantitative estimate of drug-likeness (QED) is 0.597. The topological polar surface area (TPSA) is 100 Å². The van der Waals surface area contributed by atoms with E-state index in [1.807, 2.05) is 6.07 Å². The molecule has 3 aromatic rings. The normalized spacial score (nSPS) is 18.2. The van der Waals surface area contributed by atoms with Crippen LogP contribution in [0.4, 0.5) is 27.5 Å². The Bertz CT molecular complexity index is 1110. The number of pyridine rings is 1. The average Bonchev–Trinajstić information content (AvgIpc) is 3.15. The van der Waals surface area contributed by atoms with Gasteiger partial charge >= 0.3 is 0 Å². The second kappa shape index (κ2) is 8.20. The van der Waals surface area contributed by atoms with Crippen molar-refractivity contribution >= 4 is 34.3 Å². The van der Waals surface area contributed by atoms with Crippen molar-refractivity contribution in [1.82, 2.24) is 15.0 Å². The van der Waals surface area contributed by atoms with Crippen molar-refractivity contribution in [2.45, 2.75) is 11.3 Å². The number of fused-ring (bicyclic) bond motifs is 1. The third kappa shape index (κ3) is 4.08. The van der Waals surface area contributed by atoms with Gasteiger partial charge in [0.25, 0.3) is 0 Å². The first kappa shape index (κ1) is 19.8. The average molecular weight is 441 g/mol. The highest BCUT2D eigenvalue weighted by Gasteiger charge is 2.33. The molecule has 1 fully saturated rings. The highest BCUT2D eigenvalue weighted by Crippen LogP contribution is 2.34. The van der Waals surface area contributed by atoms with E-state index < -0.39 is 11.2 Å². The van der Waals surface area contributed by atoms with E-state index in [0.717, 1.165) is 24.5 Å². The maximum Gasteiger partial charge on any atom is 0.228 e. The summed E-state index contributed by atoms with van der Waals surface area (Å²) in [5.74, 6) is 1.22. The molecule has 5 rings (SSSR count). The van der Waals surface area contributed by atoms with E-state index in [-0.39, 0.29) is 11.7 Å². The smallest absolute Gasteiger partial charge is 0.228 e. The number of hydrogen-bond acceptors (Lipinski definition) is 8. The van der Waals surface area contributed by atoms with Gasteiger partial charge in [0.1, 0.15) is 17.3 Å². The fourth-order valence-corrected chi connectivity index (χ4v) is 5.19. The lowest BCUT2D eigenvalue weighted by Gasteiger charge is -2.36. The van der Waals surface area contributed by atoms with Gasteiger partial charge in [0.05, 0.1) is 0 Å². The molecule has 0 aliphatic carbocycles. The first-order valence-electron chi connectivity index (χ1n) is 10.0. The maximum absolute atomic E-state index is 13.6. The molecule has 8 nitrogen and oxygen atoms in total. The minimum absolute atomic E-state index is 0.00273. The van der Waals surface area contributed by atoms with Crippen molar-refractivity contribution in [2.75, 3.05) is 47.0 Å². The third-order valence-electron chi connectivity index (χ3n) is 5.42. The van der Waals surface area contributed by atoms with E-state index in [0.29, 0.717) is 47.6 Å². The zero-order valence-corrected chi connectivity index (χ0v) is 17.5. The number of nitrogens with zero attached hydrogens (tertiary/aromatic N) is 5. The second-order valence-electron chi connectivity index (χ2n) is 7.43. The van der Waals surface area contributed by atoms with Crippen LogP contribution in [-0.4, -0.2) is 56.5 Å². The Morgan fingerprint density at radius 2 is 1.87 bits per heavy atom. The standard InChI is InChI=1S/C21H21FN6O2S/c22-14-2-1-3-15(12-14)24-20-19-17(5-11-31(19)30)25-21(26-20)28-9-7-27(8-10-28)16-4-6-23-18(29)13-16/h1-4,6,12-13H,5,7-11H2,(H,23,29)(H,24,25,26). The Balaban J connectivity index is 1.39. The van der Waals surface area contributed by atoms with Crippen LogP contribution in [0.5, 0.6) is 5.88 Å². The van der Waals surface area contributed by atoms with Crippen LogP contribution < -0.4 is 15.1 Å². The number of anilines is 4. The van der Waals surface area contributed by atoms with E-state index in [9.17, 15) is 14.0 Å². The number of halogens is 1. The fourth-order valence-electron chi connectivity index (χ4n) is 3.88. The van der Waals surface area contributed by atoms with Gasteiger partial charge in [-0.2, -0.15) is 4.98 Å². The molecule has 0 saturated carbocycles. The maximum atomic E-state index is 13.6. The summed E-state index contributed by atoms with van der Waals surface area (Å²) in [5.41, 5.74) is 2.26. The number of aromatic hydroxyl groups is 1. The molecule has 160 valence electrons. The molecule has 10 heteroatoms. The number of hydrogen-bond donors (Lipinski definition) is 2. The molecular weight excluding hydrogens is 419 g/mol. The minimum atomic E-state index is -1.17. The van der Waals surface area contributed by atoms with Crippen molar-refractivity contribution < 1.29 is 14.0 Å². The van der Waals surface area contributed by atoms with Gasteiger partial charge in [-0.15, -0.1) is 0 Å². The lowest BCUT2D eigenvalue weighted by molar-refractivity contribution is 0.453. The molecule has 31 heavy (non-hydrogen) atoms. The molecule has 0 bridgehead atoms. The first-order chi connectivity index (χ1) is 15.1. The fraction of sp³-hybridized carbons (Fsp3) is 0.286. The predicted molar refractivity (Wildman–Crippen MR) is 117 cm³/mol. The summed E-state index contributed by atoms with van der Waals surface area (Å²) in [6.45, 7) is 2.87. The summed E-state index contributed by atoms with van der Waals surface area (Å²) in [6, 6.07) is 9.65. The molecule has 1 aromatic carbocycles. The van der Waals surface area contributed by atoms with Crippen molar-refractivity contribution in [2.24, 2.45) is 0 Å². The minimum Gasteiger partial charge on any atom is -0.611 e. The Kier molecular flexibility index (Phi) is 5.24. The van der Waals surface area contributed by atoms with Crippen molar-refractivity contribution in [1.29, 1.82) is 0 Å². The molecule has 2 aliphatic heterocycles. The summed E-state index contributed by atoms with van der Waals surface area (Å²) in [5, 5.41) is 12.8. The molecule has 1 atom stereocenters. The summed E-state index contributed by atoms with van der Waals surface area (Å²) in [6.07, 6.45) is 2.22. The van der Waals surface area contributed by atoms with Crippen LogP contribution in [-0.2, 0) is 17.6 Å². The van der Waals surface area contributed by atoms with Crippen LogP contribution in [0.2, 0.25) is 0 Å². The van der Waals surface area contributed by atoms with E-state index in [1.165, 1.54) is 12.1 Å². The van der Waals surface area contributed by atoms with E-state index in [4.69, 9.17) is 4.98 Å². The molecule has 1 saturated heterocycles. The third-order valence-corrected chi connectivity index (χ3v) is 6.88. The molecule has 2 aliphatic rings. The van der Waals surface area contributed by atoms with Gasteiger partial charge in [0.2, 0.25) is 16.7 Å². The molecule has 0 spiro atoms. The van der Waals surface area contributed by atoms with Gasteiger partial charge in [0.15, 0.2) is 5.82 Å². The Hall–Kier alpha value is -3.11. The summed E-state index contributed by atoms with van der Waals surface area (Å²) >= 11 is -1.17. The van der Waals surface area contributed by atoms with Crippen LogP contribution in [0.3, 0.4) is 0 Å². The molecule has 2 N–H and O–H groups in total. The molecule has 0 radical (unpaired) electrons. The summed E-state index contributed by atoms with van der Waals surface area (Å²) < 4.78 is 26.2. The molecule has 4 heterocycles. The van der Waals surface area contributed by atoms with Crippen LogP contribution in [0.25, 0.3) is 0 Å². The van der Waals surface area contributed by atoms with Crippen molar-refractivity contribution in [3.63, 3.8) is 0 Å². The van der Waals surface area contributed by atoms with Crippen LogP contribution in [0, 0.1) is 5.82 Å². The van der Waals surface area contributed by atoms with Gasteiger partial charge in [-0.3, -0.25) is 0 Å². The van der Waals surface area contributed by atoms with E-state index in [2.05, 4.69) is 25.1 Å². The molecule has 0 amide bonds. The van der Waals surface area contributed by atoms with Crippen molar-refractivity contribution in [3.05, 3.63) is 54.1 Å². The van der Waals surface area contributed by atoms with E-state index >= 15 is 0 Å². The Morgan fingerprint density at radius 1 is 1.06 bits per heavy atom. The highest BCUT2D eigenvalue weighted by atomic mass is 32.2. The lowest BCUT2D eigenvalue weighted by Crippen LogP contribution is -2.47. The monoisotopic (exact) mass is 440 g/mol. The van der Waals surface area contributed by atoms with Crippen LogP contribution in [0.15, 0.2) is 47.5 Å². The Labute approximate surface area is 182 Å². The zero-order chi connectivity index (χ0) is 21.4. The SMILES string of the molecule is [O-][S+]1CCc2nc(N3CCN(c4ccnc(O)c4)CC3)nc(Nc3cccc(F)c3)c21. The Morgan fingerprint density at radius 3 is 2.65 bits per heavy atom. The van der Waals surface area contributed by atoms with Crippen LogP contribution in [0.1, 0.15) is 5.69 Å². The highest BCUT2D eigenvalue weighted by molar-refractivity contribution is 7.91. The number of aromatic nitrogens is 3. The lowest BCUT2D eigenvalue weighted by atomic mass is 10.2. The van der Waals surface area contributed by atoms with Crippen LogP contribution >= 0.6 is 0 Å². The number of benzene rings is 1. The zero-order valence-electron chi connectivity index (χ0n) is 16.7. The molecule has 1 unspecified atom stereocenters. The first-order valence-corrected chi connectivity index (χ1v) is 11.4. The number of piperazine rings is 1. The van der Waals surface area contributed by atoms with Gasteiger partial charge in [0, 0.05) is 56.2 Å². The largest absolute Gasteiger partial charge is 0.611 e. The number of rotatable bonds is 4. The summed E-state index contributed by atoms with van der Waals surface area (Å²) in [7, 11) is 0. The summed E-state index contributed by atoms with van der Waals surface area (Å²) in [4.78, 5) is 18.1. The van der Waals surface area contributed by atoms with Gasteiger partial charge in [-0.1, -0.05) is 6.07 Å². The van der Waals surface area contributed by atoms with Crippen molar-refractivity contribution in [3.8, 4) is 5.88 Å². The predicted octanol–water partition coefficient (Wildman–Crippen LogP) is 2.45. The number of aryl methyl sites for hydroxylation is 1. The van der Waals surface area contributed by atoms with Gasteiger partial charge < -0.3 is 24.8 Å². The van der Waals surface area contributed by atoms with Gasteiger partial charge in [-0.05, 0) is 35.4 Å². The second-order valence-corrected chi connectivity index (χ2v) is 8.94. The van der Waals surface area contributed by atoms with Gasteiger partial charge in [-0.25, -0.2) is 14.4 Å². The molecular formula is C21H21FN6O2S. The molecule has 2 aromatic heterocycles. The number of nitrogens with one attached hydrogen (secondary N) is 1. The van der Waals surface area contributed by atoms with E-state index in [1.54, 1.807) is 24.4 Å².